The molecular formula is C21H19N3O2S. The summed E-state index contributed by atoms with van der Waals surface area (Å²) in [7, 11) is 0. The number of carbonyl (C=O) groups is 1. The molecule has 0 radical (unpaired) electrons. The molecule has 0 saturated heterocycles. The fourth-order valence-electron chi connectivity index (χ4n) is 3.36. The van der Waals surface area contributed by atoms with Crippen molar-refractivity contribution in [3.63, 3.8) is 0 Å². The number of hydrogen-bond acceptors (Lipinski definition) is 5. The van der Waals surface area contributed by atoms with Gasteiger partial charge in [-0.3, -0.25) is 14.3 Å². The van der Waals surface area contributed by atoms with Crippen LogP contribution in [0.3, 0.4) is 0 Å². The van der Waals surface area contributed by atoms with E-state index in [9.17, 15) is 9.59 Å². The number of hydrogen-bond donors (Lipinski definition) is 0. The van der Waals surface area contributed by atoms with Gasteiger partial charge >= 0.3 is 5.69 Å². The van der Waals surface area contributed by atoms with Crippen LogP contribution in [0.25, 0.3) is 0 Å². The van der Waals surface area contributed by atoms with E-state index in [4.69, 9.17) is 0 Å². The second-order valence-corrected chi connectivity index (χ2v) is 7.43. The number of nitrogens with zero attached hydrogens (tertiary/aromatic N) is 3. The van der Waals surface area contributed by atoms with Gasteiger partial charge in [-0.2, -0.15) is 4.98 Å². The molecule has 2 heterocycles. The van der Waals surface area contributed by atoms with Crippen molar-refractivity contribution >= 4 is 17.5 Å². The van der Waals surface area contributed by atoms with Crippen molar-refractivity contribution in [3.05, 3.63) is 87.7 Å². The van der Waals surface area contributed by atoms with E-state index in [1.807, 2.05) is 48.5 Å². The van der Waals surface area contributed by atoms with Gasteiger partial charge in [0.2, 0.25) is 0 Å². The number of rotatable bonds is 6. The average molecular weight is 377 g/mol. The molecule has 0 bridgehead atoms. The average Bonchev–Trinajstić information content (AvgIpc) is 3.20. The molecule has 4 rings (SSSR count). The SMILES string of the molecule is O=C(CSc1nc(=O)n(Cc2ccccn2)c2c1CCC2)c1ccccc1. The second-order valence-electron chi connectivity index (χ2n) is 6.46. The number of Topliss-reactive ketones (excluding diaryl/α,β-unsaturated/α-hetero) is 1. The van der Waals surface area contributed by atoms with Gasteiger partial charge in [0.15, 0.2) is 5.78 Å². The fraction of sp³-hybridized carbons (Fsp3) is 0.238. The van der Waals surface area contributed by atoms with Crippen LogP contribution in [-0.4, -0.2) is 26.1 Å². The van der Waals surface area contributed by atoms with Crippen LogP contribution < -0.4 is 5.69 Å². The molecule has 0 atom stereocenters. The summed E-state index contributed by atoms with van der Waals surface area (Å²) < 4.78 is 1.73. The first-order valence-electron chi connectivity index (χ1n) is 8.96. The normalized spacial score (nSPS) is 12.7. The third-order valence-corrected chi connectivity index (χ3v) is 5.70. The summed E-state index contributed by atoms with van der Waals surface area (Å²) in [4.78, 5) is 33.6. The highest BCUT2D eigenvalue weighted by molar-refractivity contribution is 8.00. The molecule has 136 valence electrons. The summed E-state index contributed by atoms with van der Waals surface area (Å²) in [6, 6.07) is 14.9. The minimum atomic E-state index is -0.268. The first kappa shape index (κ1) is 17.7. The topological polar surface area (TPSA) is 64.8 Å². The summed E-state index contributed by atoms with van der Waals surface area (Å²) in [5.74, 6) is 0.333. The molecule has 3 aromatic rings. The molecule has 0 N–H and O–H groups in total. The smallest absolute Gasteiger partial charge is 0.293 e. The zero-order valence-corrected chi connectivity index (χ0v) is 15.6. The molecule has 0 spiro atoms. The van der Waals surface area contributed by atoms with Crippen molar-refractivity contribution in [2.75, 3.05) is 5.75 Å². The van der Waals surface area contributed by atoms with Crippen molar-refractivity contribution in [2.24, 2.45) is 0 Å². The second kappa shape index (κ2) is 7.88. The van der Waals surface area contributed by atoms with Gasteiger partial charge in [0.1, 0.15) is 5.03 Å². The Hall–Kier alpha value is -2.73. The first-order valence-corrected chi connectivity index (χ1v) is 9.94. The Balaban J connectivity index is 1.58. The Morgan fingerprint density at radius 1 is 1.07 bits per heavy atom. The summed E-state index contributed by atoms with van der Waals surface area (Å²) in [5.41, 5.74) is 3.41. The van der Waals surface area contributed by atoms with Crippen LogP contribution in [0.15, 0.2) is 64.5 Å². The lowest BCUT2D eigenvalue weighted by Gasteiger charge is -2.13. The number of ketones is 1. The zero-order chi connectivity index (χ0) is 18.6. The maximum absolute atomic E-state index is 12.6. The van der Waals surface area contributed by atoms with E-state index in [1.165, 1.54) is 11.8 Å². The number of benzene rings is 1. The highest BCUT2D eigenvalue weighted by atomic mass is 32.2. The molecule has 6 heteroatoms. The maximum Gasteiger partial charge on any atom is 0.349 e. The van der Waals surface area contributed by atoms with Crippen LogP contribution in [-0.2, 0) is 19.4 Å². The lowest BCUT2D eigenvalue weighted by Crippen LogP contribution is -2.28. The predicted octanol–water partition coefficient (Wildman–Crippen LogP) is 3.15. The van der Waals surface area contributed by atoms with Gasteiger partial charge in [-0.25, -0.2) is 4.79 Å². The van der Waals surface area contributed by atoms with Crippen LogP contribution in [0, 0.1) is 0 Å². The molecule has 1 aliphatic rings. The Morgan fingerprint density at radius 3 is 2.67 bits per heavy atom. The largest absolute Gasteiger partial charge is 0.349 e. The van der Waals surface area contributed by atoms with Crippen LogP contribution in [0.5, 0.6) is 0 Å². The Kier molecular flexibility index (Phi) is 5.16. The van der Waals surface area contributed by atoms with Gasteiger partial charge in [-0.1, -0.05) is 48.2 Å². The van der Waals surface area contributed by atoms with Crippen LogP contribution >= 0.6 is 11.8 Å². The van der Waals surface area contributed by atoms with Gasteiger partial charge in [0, 0.05) is 23.0 Å². The van der Waals surface area contributed by atoms with Gasteiger partial charge < -0.3 is 0 Å². The van der Waals surface area contributed by atoms with E-state index in [0.717, 1.165) is 36.2 Å². The highest BCUT2D eigenvalue weighted by Crippen LogP contribution is 2.29. The standard InChI is InChI=1S/C21H19N3O2S/c25-19(15-7-2-1-3-8-15)14-27-20-17-10-6-11-18(17)24(21(26)23-20)13-16-9-4-5-12-22-16/h1-5,7-9,12H,6,10-11,13-14H2. The Bertz CT molecular complexity index is 1020. The van der Waals surface area contributed by atoms with Crippen molar-refractivity contribution in [3.8, 4) is 0 Å². The molecule has 0 aliphatic heterocycles. The molecule has 0 fully saturated rings. The Morgan fingerprint density at radius 2 is 1.89 bits per heavy atom. The number of pyridine rings is 1. The summed E-state index contributed by atoms with van der Waals surface area (Å²) in [6.45, 7) is 0.433. The van der Waals surface area contributed by atoms with Gasteiger partial charge in [-0.05, 0) is 31.4 Å². The maximum atomic E-state index is 12.6. The van der Waals surface area contributed by atoms with E-state index in [2.05, 4.69) is 9.97 Å². The number of aromatic nitrogens is 3. The van der Waals surface area contributed by atoms with Crippen LogP contribution in [0.1, 0.15) is 33.7 Å². The minimum Gasteiger partial charge on any atom is -0.293 e. The third-order valence-electron chi connectivity index (χ3n) is 4.68. The minimum absolute atomic E-state index is 0.0480. The highest BCUT2D eigenvalue weighted by Gasteiger charge is 2.22. The summed E-state index contributed by atoms with van der Waals surface area (Å²) in [6.07, 6.45) is 4.49. The first-order chi connectivity index (χ1) is 13.2. The lowest BCUT2D eigenvalue weighted by atomic mass is 10.2. The molecule has 1 aromatic carbocycles. The third kappa shape index (κ3) is 3.85. The Labute approximate surface area is 161 Å². The van der Waals surface area contributed by atoms with Gasteiger partial charge in [0.25, 0.3) is 0 Å². The van der Waals surface area contributed by atoms with Gasteiger partial charge in [-0.15, -0.1) is 0 Å². The van der Waals surface area contributed by atoms with E-state index in [1.54, 1.807) is 10.8 Å². The number of thioether (sulfide) groups is 1. The summed E-state index contributed by atoms with van der Waals surface area (Å²) >= 11 is 1.37. The van der Waals surface area contributed by atoms with E-state index in [0.29, 0.717) is 17.1 Å². The quantitative estimate of drug-likeness (QED) is 0.375. The predicted molar refractivity (Wildman–Crippen MR) is 105 cm³/mol. The molecule has 2 aromatic heterocycles. The molecule has 0 saturated carbocycles. The molecule has 27 heavy (non-hydrogen) atoms. The van der Waals surface area contributed by atoms with E-state index >= 15 is 0 Å². The molecule has 1 aliphatic carbocycles. The van der Waals surface area contributed by atoms with Crippen LogP contribution in [0.2, 0.25) is 0 Å². The van der Waals surface area contributed by atoms with Gasteiger partial charge in [0.05, 0.1) is 18.0 Å². The number of carbonyl (C=O) groups excluding carboxylic acids is 1. The lowest BCUT2D eigenvalue weighted by molar-refractivity contribution is 0.102. The monoisotopic (exact) mass is 377 g/mol. The molecule has 0 amide bonds. The number of fused-ring (bicyclic) bond motifs is 1. The fourth-order valence-corrected chi connectivity index (χ4v) is 4.33. The summed E-state index contributed by atoms with van der Waals surface area (Å²) in [5, 5.41) is 0.703. The van der Waals surface area contributed by atoms with E-state index < -0.39 is 0 Å². The van der Waals surface area contributed by atoms with Crippen LogP contribution in [0.4, 0.5) is 0 Å². The van der Waals surface area contributed by atoms with Crippen molar-refractivity contribution in [1.82, 2.24) is 14.5 Å². The van der Waals surface area contributed by atoms with Crippen molar-refractivity contribution < 1.29 is 4.79 Å². The molecule has 0 unspecified atom stereocenters. The molecule has 5 nitrogen and oxygen atoms in total. The van der Waals surface area contributed by atoms with Crippen molar-refractivity contribution in [1.29, 1.82) is 0 Å². The van der Waals surface area contributed by atoms with Crippen molar-refractivity contribution in [2.45, 2.75) is 30.8 Å². The zero-order valence-electron chi connectivity index (χ0n) is 14.8. The molecular weight excluding hydrogens is 358 g/mol. The van der Waals surface area contributed by atoms with E-state index in [-0.39, 0.29) is 17.2 Å².